The number of aryl methyl sites for hydroxylation is 1. The Morgan fingerprint density at radius 3 is 2.42 bits per heavy atom. The first-order valence-electron chi connectivity index (χ1n) is 16.0. The van der Waals surface area contributed by atoms with Crippen molar-refractivity contribution >= 4 is 23.2 Å². The number of rotatable bonds is 7. The molecule has 4 heterocycles. The predicted octanol–water partition coefficient (Wildman–Crippen LogP) is 6.53. The van der Waals surface area contributed by atoms with Gasteiger partial charge in [0.1, 0.15) is 10.6 Å². The lowest BCUT2D eigenvalue weighted by molar-refractivity contribution is 0.0689. The van der Waals surface area contributed by atoms with Crippen molar-refractivity contribution in [3.8, 4) is 0 Å². The Balaban J connectivity index is 1.01. The number of fused-ring (bicyclic) bond motifs is 1. The molecule has 220 valence electrons. The van der Waals surface area contributed by atoms with Gasteiger partial charge in [0.2, 0.25) is 0 Å². The van der Waals surface area contributed by atoms with Crippen molar-refractivity contribution in [2.75, 3.05) is 19.6 Å². The zero-order valence-electron chi connectivity index (χ0n) is 24.5. The van der Waals surface area contributed by atoms with E-state index in [9.17, 15) is 9.59 Å². The fourth-order valence-corrected chi connectivity index (χ4v) is 7.83. The molecular formula is C32H49N5O2S. The summed E-state index contributed by atoms with van der Waals surface area (Å²) in [5.41, 5.74) is 6.05. The molecule has 2 aromatic heterocycles. The van der Waals surface area contributed by atoms with E-state index < -0.39 is 0 Å². The monoisotopic (exact) mass is 567 g/mol. The highest BCUT2D eigenvalue weighted by molar-refractivity contribution is 7.11. The van der Waals surface area contributed by atoms with Crippen molar-refractivity contribution in [1.29, 1.82) is 0 Å². The summed E-state index contributed by atoms with van der Waals surface area (Å²) in [5, 5.41) is 7.06. The van der Waals surface area contributed by atoms with Crippen molar-refractivity contribution in [3.63, 3.8) is 0 Å². The molecule has 7 nitrogen and oxygen atoms in total. The number of aromatic nitrogens is 2. The molecule has 2 aliphatic heterocycles. The summed E-state index contributed by atoms with van der Waals surface area (Å²) in [4.78, 5) is 36.2. The lowest BCUT2D eigenvalue weighted by Gasteiger charge is -2.39. The highest BCUT2D eigenvalue weighted by atomic mass is 32.1. The lowest BCUT2D eigenvalue weighted by Crippen LogP contribution is -2.49. The Bertz CT molecular complexity index is 1100. The van der Waals surface area contributed by atoms with Gasteiger partial charge in [-0.15, -0.1) is 11.3 Å². The number of thiazole rings is 1. The van der Waals surface area contributed by atoms with Crippen LogP contribution in [0.25, 0.3) is 0 Å². The smallest absolute Gasteiger partial charge is 0.267 e. The van der Waals surface area contributed by atoms with Crippen LogP contribution in [-0.2, 0) is 13.0 Å². The fourth-order valence-electron chi connectivity index (χ4n) is 7.06. The van der Waals surface area contributed by atoms with Gasteiger partial charge in [-0.2, -0.15) is 0 Å². The minimum atomic E-state index is 0.0241. The van der Waals surface area contributed by atoms with Crippen LogP contribution in [-0.4, -0.2) is 51.9 Å². The minimum absolute atomic E-state index is 0.0241. The van der Waals surface area contributed by atoms with Crippen LogP contribution >= 0.6 is 11.3 Å². The van der Waals surface area contributed by atoms with E-state index >= 15 is 0 Å². The molecule has 3 N–H and O–H groups in total. The number of H-pyrrole nitrogens is 1. The molecule has 0 bridgehead atoms. The second-order valence-corrected chi connectivity index (χ2v) is 13.4. The minimum Gasteiger partial charge on any atom is -0.354 e. The Morgan fingerprint density at radius 1 is 1.05 bits per heavy atom. The average molecular weight is 568 g/mol. The van der Waals surface area contributed by atoms with Crippen molar-refractivity contribution in [2.24, 2.45) is 5.92 Å². The molecule has 40 heavy (non-hydrogen) atoms. The van der Waals surface area contributed by atoms with Gasteiger partial charge >= 0.3 is 0 Å². The summed E-state index contributed by atoms with van der Waals surface area (Å²) in [6.45, 7) is 5.17. The summed E-state index contributed by atoms with van der Waals surface area (Å²) in [7, 11) is 0. The van der Waals surface area contributed by atoms with E-state index in [4.69, 9.17) is 0 Å². The van der Waals surface area contributed by atoms with E-state index in [1.807, 2.05) is 11.8 Å². The van der Waals surface area contributed by atoms with Gasteiger partial charge in [0.05, 0.1) is 11.2 Å². The van der Waals surface area contributed by atoms with Gasteiger partial charge in [-0.05, 0) is 56.6 Å². The SMILES string of the molecule is Cc1ncsc1C(=O)N1CCC(CCCCNC(=O)c2cc3c([nH]2)CC2(CCCCCCCCCC2)NC3)CC1. The molecule has 5 rings (SSSR count). The number of carbonyl (C=O) groups is 2. The summed E-state index contributed by atoms with van der Waals surface area (Å²) in [6.07, 6.45) is 19.8. The van der Waals surface area contributed by atoms with E-state index in [1.54, 1.807) is 5.51 Å². The van der Waals surface area contributed by atoms with E-state index in [0.717, 1.165) is 62.3 Å². The van der Waals surface area contributed by atoms with Gasteiger partial charge in [0.25, 0.3) is 11.8 Å². The first-order valence-corrected chi connectivity index (χ1v) is 16.8. The van der Waals surface area contributed by atoms with Crippen molar-refractivity contribution in [2.45, 2.75) is 122 Å². The Hall–Kier alpha value is -2.19. The van der Waals surface area contributed by atoms with Crippen LogP contribution in [0.4, 0.5) is 0 Å². The van der Waals surface area contributed by atoms with Crippen LogP contribution < -0.4 is 10.6 Å². The van der Waals surface area contributed by atoms with Crippen LogP contribution in [0.3, 0.4) is 0 Å². The molecule has 8 heteroatoms. The normalized spacial score (nSPS) is 20.6. The molecule has 0 aromatic carbocycles. The van der Waals surface area contributed by atoms with Gasteiger partial charge in [0, 0.05) is 43.8 Å². The summed E-state index contributed by atoms with van der Waals surface area (Å²) in [6, 6.07) is 2.07. The molecule has 2 fully saturated rings. The third kappa shape index (κ3) is 7.55. The first-order chi connectivity index (χ1) is 19.5. The Labute approximate surface area is 244 Å². The molecule has 2 amide bonds. The third-order valence-corrected chi connectivity index (χ3v) is 10.5. The molecule has 1 saturated heterocycles. The Morgan fingerprint density at radius 2 is 1.75 bits per heavy atom. The highest BCUT2D eigenvalue weighted by Crippen LogP contribution is 2.33. The molecule has 0 unspecified atom stereocenters. The quantitative estimate of drug-likeness (QED) is 0.332. The molecule has 0 radical (unpaired) electrons. The standard InChI is InChI=1S/C32H49N5O2S/c1-24-29(40-23-34-24)31(39)37-18-13-25(14-19-37)12-8-11-17-33-30(38)27-20-26-22-35-32(21-28(26)36-27)15-9-6-4-2-3-5-7-10-16-32/h20,23,25,35-36H,2-19,21-22H2,1H3,(H,33,38). The van der Waals surface area contributed by atoms with Crippen LogP contribution in [0.15, 0.2) is 11.6 Å². The second-order valence-electron chi connectivity index (χ2n) is 12.6. The summed E-state index contributed by atoms with van der Waals surface area (Å²) in [5.74, 6) is 0.837. The number of nitrogens with zero attached hydrogens (tertiary/aromatic N) is 2. The van der Waals surface area contributed by atoms with Gasteiger partial charge < -0.3 is 20.5 Å². The maximum Gasteiger partial charge on any atom is 0.267 e. The van der Waals surface area contributed by atoms with Crippen LogP contribution in [0, 0.1) is 12.8 Å². The molecular weight excluding hydrogens is 518 g/mol. The van der Waals surface area contributed by atoms with Crippen molar-refractivity contribution in [1.82, 2.24) is 25.5 Å². The number of nitrogens with one attached hydrogen (secondary N) is 3. The zero-order chi connectivity index (χ0) is 27.8. The number of hydrogen-bond acceptors (Lipinski definition) is 5. The molecule has 3 aliphatic rings. The first kappa shape index (κ1) is 29.3. The van der Waals surface area contributed by atoms with Crippen LogP contribution in [0.5, 0.6) is 0 Å². The maximum atomic E-state index is 12.9. The fraction of sp³-hybridized carbons (Fsp3) is 0.719. The molecule has 2 aromatic rings. The average Bonchev–Trinajstić information content (AvgIpc) is 3.58. The van der Waals surface area contributed by atoms with E-state index in [0.29, 0.717) is 18.2 Å². The number of unbranched alkanes of at least 4 members (excludes halogenated alkanes) is 1. The van der Waals surface area contributed by atoms with Gasteiger partial charge in [-0.3, -0.25) is 9.59 Å². The number of amides is 2. The van der Waals surface area contributed by atoms with Gasteiger partial charge in [0.15, 0.2) is 0 Å². The lowest BCUT2D eigenvalue weighted by atomic mass is 9.80. The molecule has 1 spiro atoms. The van der Waals surface area contributed by atoms with Crippen LogP contribution in [0.1, 0.15) is 133 Å². The molecule has 1 aliphatic carbocycles. The van der Waals surface area contributed by atoms with Gasteiger partial charge in [-0.25, -0.2) is 4.98 Å². The summed E-state index contributed by atoms with van der Waals surface area (Å²) >= 11 is 1.45. The number of piperidine rings is 1. The maximum absolute atomic E-state index is 12.9. The van der Waals surface area contributed by atoms with E-state index in [-0.39, 0.29) is 17.4 Å². The number of carbonyl (C=O) groups excluding carboxylic acids is 2. The second kappa shape index (κ2) is 14.1. The number of likely N-dealkylation sites (tertiary alicyclic amines) is 1. The van der Waals surface area contributed by atoms with E-state index in [2.05, 4.69) is 26.7 Å². The van der Waals surface area contributed by atoms with Crippen molar-refractivity contribution in [3.05, 3.63) is 39.1 Å². The van der Waals surface area contributed by atoms with E-state index in [1.165, 1.54) is 93.2 Å². The van der Waals surface area contributed by atoms with Crippen molar-refractivity contribution < 1.29 is 9.59 Å². The number of aromatic amines is 1. The predicted molar refractivity (Wildman–Crippen MR) is 162 cm³/mol. The molecule has 0 atom stereocenters. The molecule has 1 saturated carbocycles. The number of hydrogen-bond donors (Lipinski definition) is 3. The zero-order valence-corrected chi connectivity index (χ0v) is 25.3. The third-order valence-electron chi connectivity index (χ3n) is 9.63. The topological polar surface area (TPSA) is 90.1 Å². The highest BCUT2D eigenvalue weighted by Gasteiger charge is 2.34. The van der Waals surface area contributed by atoms with Gasteiger partial charge in [-0.1, -0.05) is 64.2 Å². The van der Waals surface area contributed by atoms with Crippen LogP contribution in [0.2, 0.25) is 0 Å². The largest absolute Gasteiger partial charge is 0.354 e. The Kier molecular flexibility index (Phi) is 10.3. The summed E-state index contributed by atoms with van der Waals surface area (Å²) < 4.78 is 0.